The maximum Gasteiger partial charge on any atom is 0.0608 e. The van der Waals surface area contributed by atoms with E-state index in [2.05, 4.69) is 22.4 Å². The van der Waals surface area contributed by atoms with Crippen LogP contribution in [0.25, 0.3) is 0 Å². The van der Waals surface area contributed by atoms with E-state index in [0.29, 0.717) is 6.54 Å². The van der Waals surface area contributed by atoms with Crippen molar-refractivity contribution in [3.05, 3.63) is 0 Å². The van der Waals surface area contributed by atoms with Crippen molar-refractivity contribution < 1.29 is 4.74 Å². The van der Waals surface area contributed by atoms with Crippen molar-refractivity contribution in [3.63, 3.8) is 0 Å². The molecule has 2 saturated heterocycles. The van der Waals surface area contributed by atoms with E-state index in [1.807, 2.05) is 0 Å². The number of rotatable bonds is 3. The summed E-state index contributed by atoms with van der Waals surface area (Å²) in [5.74, 6) is 0. The third kappa shape index (κ3) is 2.68. The number of ether oxygens (including phenoxy) is 1. The van der Waals surface area contributed by atoms with Gasteiger partial charge in [0.1, 0.15) is 0 Å². The standard InChI is InChI=1S/C10H22N4O/c1-13-3-2-10(8-11,9-13)12-14-4-6-15-7-5-14/h12H,2-9,11H2,1H3. The Morgan fingerprint density at radius 1 is 1.33 bits per heavy atom. The molecule has 0 aromatic heterocycles. The van der Waals surface area contributed by atoms with Gasteiger partial charge >= 0.3 is 0 Å². The number of nitrogens with two attached hydrogens (primary N) is 1. The molecule has 0 spiro atoms. The largest absolute Gasteiger partial charge is 0.379 e. The lowest BCUT2D eigenvalue weighted by molar-refractivity contribution is -0.00989. The first-order valence-corrected chi connectivity index (χ1v) is 5.73. The van der Waals surface area contributed by atoms with Gasteiger partial charge in [-0.2, -0.15) is 0 Å². The van der Waals surface area contributed by atoms with Crippen molar-refractivity contribution in [2.24, 2.45) is 5.73 Å². The van der Waals surface area contributed by atoms with Gasteiger partial charge in [0.15, 0.2) is 0 Å². The molecule has 0 bridgehead atoms. The van der Waals surface area contributed by atoms with Gasteiger partial charge in [0, 0.05) is 26.2 Å². The molecular formula is C10H22N4O. The number of nitrogens with one attached hydrogen (secondary N) is 1. The predicted octanol–water partition coefficient (Wildman–Crippen LogP) is -1.14. The molecule has 2 fully saturated rings. The van der Waals surface area contributed by atoms with Crippen LogP contribution < -0.4 is 11.2 Å². The highest BCUT2D eigenvalue weighted by Crippen LogP contribution is 2.19. The molecule has 0 saturated carbocycles. The lowest BCUT2D eigenvalue weighted by atomic mass is 10.00. The Bertz CT molecular complexity index is 208. The molecule has 5 nitrogen and oxygen atoms in total. The lowest BCUT2D eigenvalue weighted by Crippen LogP contribution is -2.61. The molecule has 0 amide bonds. The summed E-state index contributed by atoms with van der Waals surface area (Å²) in [5, 5.41) is 2.26. The number of morpholine rings is 1. The summed E-state index contributed by atoms with van der Waals surface area (Å²) in [6.45, 7) is 6.45. The Hall–Kier alpha value is -0.200. The topological polar surface area (TPSA) is 53.8 Å². The van der Waals surface area contributed by atoms with Crippen LogP contribution in [0.3, 0.4) is 0 Å². The fourth-order valence-electron chi connectivity index (χ4n) is 2.39. The molecule has 0 radical (unpaired) electrons. The third-order valence-electron chi connectivity index (χ3n) is 3.34. The summed E-state index contributed by atoms with van der Waals surface area (Å²) in [4.78, 5) is 2.33. The van der Waals surface area contributed by atoms with Crippen LogP contribution in [-0.4, -0.2) is 68.4 Å². The van der Waals surface area contributed by atoms with Crippen LogP contribution in [0.4, 0.5) is 0 Å². The van der Waals surface area contributed by atoms with E-state index in [4.69, 9.17) is 10.5 Å². The number of hydrogen-bond donors (Lipinski definition) is 2. The molecule has 0 aromatic rings. The molecule has 15 heavy (non-hydrogen) atoms. The number of likely N-dealkylation sites (N-methyl/N-ethyl adjacent to an activating group) is 1. The SMILES string of the molecule is CN1CCC(CN)(NN2CCOCC2)C1. The predicted molar refractivity (Wildman–Crippen MR) is 59.4 cm³/mol. The van der Waals surface area contributed by atoms with Crippen LogP contribution in [0.1, 0.15) is 6.42 Å². The van der Waals surface area contributed by atoms with Gasteiger partial charge in [-0.25, -0.2) is 10.4 Å². The Morgan fingerprint density at radius 3 is 2.60 bits per heavy atom. The highest BCUT2D eigenvalue weighted by atomic mass is 16.5. The fourth-order valence-corrected chi connectivity index (χ4v) is 2.39. The van der Waals surface area contributed by atoms with Gasteiger partial charge in [0.2, 0.25) is 0 Å². The number of likely N-dealkylation sites (tertiary alicyclic amines) is 1. The Balaban J connectivity index is 1.89. The number of hydrogen-bond acceptors (Lipinski definition) is 5. The van der Waals surface area contributed by atoms with Crippen LogP contribution in [-0.2, 0) is 4.74 Å². The molecule has 2 aliphatic rings. The third-order valence-corrected chi connectivity index (χ3v) is 3.34. The summed E-state index contributed by atoms with van der Waals surface area (Å²) in [6, 6.07) is 0. The van der Waals surface area contributed by atoms with Crippen LogP contribution in [0.5, 0.6) is 0 Å². The Kier molecular flexibility index (Phi) is 3.58. The van der Waals surface area contributed by atoms with Crippen LogP contribution in [0.15, 0.2) is 0 Å². The van der Waals surface area contributed by atoms with E-state index in [9.17, 15) is 0 Å². The second kappa shape index (κ2) is 4.76. The first-order valence-electron chi connectivity index (χ1n) is 5.73. The van der Waals surface area contributed by atoms with E-state index in [1.165, 1.54) is 0 Å². The highest BCUT2D eigenvalue weighted by Gasteiger charge is 2.36. The smallest absolute Gasteiger partial charge is 0.0608 e. The Morgan fingerprint density at radius 2 is 2.07 bits per heavy atom. The molecule has 2 aliphatic heterocycles. The van der Waals surface area contributed by atoms with Gasteiger partial charge in [-0.15, -0.1) is 0 Å². The van der Waals surface area contributed by atoms with Crippen molar-refractivity contribution in [3.8, 4) is 0 Å². The van der Waals surface area contributed by atoms with E-state index in [1.54, 1.807) is 0 Å². The highest BCUT2D eigenvalue weighted by molar-refractivity contribution is 4.96. The van der Waals surface area contributed by atoms with Crippen molar-refractivity contribution >= 4 is 0 Å². The molecule has 0 aromatic carbocycles. The summed E-state index contributed by atoms with van der Waals surface area (Å²) in [6.07, 6.45) is 1.14. The maximum atomic E-state index is 5.90. The van der Waals surface area contributed by atoms with Crippen molar-refractivity contribution in [1.82, 2.24) is 15.3 Å². The normalized spacial score (nSPS) is 34.8. The van der Waals surface area contributed by atoms with Gasteiger partial charge < -0.3 is 15.4 Å². The summed E-state index contributed by atoms with van der Waals surface area (Å²) in [5.41, 5.74) is 9.59. The van der Waals surface area contributed by atoms with Crippen LogP contribution in [0, 0.1) is 0 Å². The second-order valence-corrected chi connectivity index (χ2v) is 4.68. The van der Waals surface area contributed by atoms with E-state index >= 15 is 0 Å². The van der Waals surface area contributed by atoms with Gasteiger partial charge in [0.05, 0.1) is 18.8 Å². The average Bonchev–Trinajstić information content (AvgIpc) is 2.62. The van der Waals surface area contributed by atoms with Crippen molar-refractivity contribution in [1.29, 1.82) is 0 Å². The van der Waals surface area contributed by atoms with Gasteiger partial charge in [-0.3, -0.25) is 0 Å². The van der Waals surface area contributed by atoms with Crippen molar-refractivity contribution in [2.75, 3.05) is 53.0 Å². The quantitative estimate of drug-likeness (QED) is 0.622. The minimum atomic E-state index is 0.0894. The molecule has 2 rings (SSSR count). The minimum absolute atomic E-state index is 0.0894. The van der Waals surface area contributed by atoms with E-state index in [-0.39, 0.29) is 5.54 Å². The monoisotopic (exact) mass is 214 g/mol. The molecule has 1 unspecified atom stereocenters. The molecule has 2 heterocycles. The summed E-state index contributed by atoms with van der Waals surface area (Å²) < 4.78 is 5.33. The second-order valence-electron chi connectivity index (χ2n) is 4.68. The van der Waals surface area contributed by atoms with Gasteiger partial charge in [-0.05, 0) is 20.0 Å². The Labute approximate surface area is 91.5 Å². The first kappa shape index (κ1) is 11.3. The maximum absolute atomic E-state index is 5.90. The fraction of sp³-hybridized carbons (Fsp3) is 1.00. The summed E-state index contributed by atoms with van der Waals surface area (Å²) >= 11 is 0. The molecule has 5 heteroatoms. The van der Waals surface area contributed by atoms with Gasteiger partial charge in [-0.1, -0.05) is 0 Å². The minimum Gasteiger partial charge on any atom is -0.379 e. The molecule has 1 atom stereocenters. The van der Waals surface area contributed by atoms with Crippen LogP contribution >= 0.6 is 0 Å². The number of hydrazine groups is 1. The average molecular weight is 214 g/mol. The van der Waals surface area contributed by atoms with Gasteiger partial charge in [0.25, 0.3) is 0 Å². The molecular weight excluding hydrogens is 192 g/mol. The van der Waals surface area contributed by atoms with Crippen molar-refractivity contribution in [2.45, 2.75) is 12.0 Å². The summed E-state index contributed by atoms with van der Waals surface area (Å²) in [7, 11) is 2.15. The molecule has 0 aliphatic carbocycles. The molecule has 88 valence electrons. The van der Waals surface area contributed by atoms with E-state index < -0.39 is 0 Å². The number of nitrogens with zero attached hydrogens (tertiary/aromatic N) is 2. The zero-order valence-corrected chi connectivity index (χ0v) is 9.54. The first-order chi connectivity index (χ1) is 7.24. The zero-order valence-electron chi connectivity index (χ0n) is 9.54. The van der Waals surface area contributed by atoms with Crippen LogP contribution in [0.2, 0.25) is 0 Å². The van der Waals surface area contributed by atoms with E-state index in [0.717, 1.165) is 45.8 Å². The lowest BCUT2D eigenvalue weighted by Gasteiger charge is -2.37. The zero-order chi connectivity index (χ0) is 10.7. The molecule has 3 N–H and O–H groups in total.